The zero-order chi connectivity index (χ0) is 8.97. The fourth-order valence-corrected chi connectivity index (χ4v) is 2.70. The summed E-state index contributed by atoms with van der Waals surface area (Å²) >= 11 is 2.08. The molecule has 72 valence electrons. The lowest BCUT2D eigenvalue weighted by atomic mass is 10.1. The van der Waals surface area contributed by atoms with Crippen LogP contribution in [0.15, 0.2) is 0 Å². The molecule has 0 aromatic rings. The van der Waals surface area contributed by atoms with Gasteiger partial charge < -0.3 is 5.73 Å². The molecule has 1 heterocycles. The van der Waals surface area contributed by atoms with Crippen LogP contribution < -0.4 is 5.73 Å². The van der Waals surface area contributed by atoms with E-state index in [-0.39, 0.29) is 0 Å². The number of hydrogen-bond acceptors (Lipinski definition) is 3. The Bertz CT molecular complexity index is 124. The van der Waals surface area contributed by atoms with Crippen LogP contribution in [-0.2, 0) is 0 Å². The van der Waals surface area contributed by atoms with Gasteiger partial charge in [-0.15, -0.1) is 0 Å². The van der Waals surface area contributed by atoms with Gasteiger partial charge in [0.2, 0.25) is 0 Å². The van der Waals surface area contributed by atoms with Crippen molar-refractivity contribution in [1.29, 1.82) is 0 Å². The van der Waals surface area contributed by atoms with Crippen molar-refractivity contribution < 1.29 is 0 Å². The second kappa shape index (κ2) is 5.10. The summed E-state index contributed by atoms with van der Waals surface area (Å²) in [6.45, 7) is 2.99. The lowest BCUT2D eigenvalue weighted by Crippen LogP contribution is -2.44. The second-order valence-corrected chi connectivity index (χ2v) is 4.82. The molecule has 2 N–H and O–H groups in total. The van der Waals surface area contributed by atoms with Crippen LogP contribution in [0, 0.1) is 0 Å². The van der Waals surface area contributed by atoms with E-state index in [0.717, 1.165) is 12.6 Å². The highest BCUT2D eigenvalue weighted by Crippen LogP contribution is 2.21. The van der Waals surface area contributed by atoms with Crippen LogP contribution in [0.1, 0.15) is 19.8 Å². The summed E-state index contributed by atoms with van der Waals surface area (Å²) in [6.07, 6.45) is 2.68. The van der Waals surface area contributed by atoms with Crippen LogP contribution in [0.2, 0.25) is 0 Å². The summed E-state index contributed by atoms with van der Waals surface area (Å²) in [4.78, 5) is 2.44. The zero-order valence-corrected chi connectivity index (χ0v) is 8.94. The van der Waals surface area contributed by atoms with Crippen molar-refractivity contribution in [2.24, 2.45) is 5.73 Å². The van der Waals surface area contributed by atoms with Gasteiger partial charge in [-0.05, 0) is 38.3 Å². The maximum atomic E-state index is 5.63. The summed E-state index contributed by atoms with van der Waals surface area (Å²) in [5.74, 6) is 2.65. The third-order valence-corrected chi connectivity index (χ3v) is 3.85. The Kier molecular flexibility index (Phi) is 4.40. The molecular formula is C9H20N2S. The Hall–Kier alpha value is 0.270. The average Bonchev–Trinajstić information content (AvgIpc) is 2.17. The summed E-state index contributed by atoms with van der Waals surface area (Å²) < 4.78 is 0. The van der Waals surface area contributed by atoms with Crippen LogP contribution in [0.5, 0.6) is 0 Å². The van der Waals surface area contributed by atoms with Gasteiger partial charge in [-0.2, -0.15) is 11.8 Å². The molecule has 0 saturated carbocycles. The predicted molar refractivity (Wildman–Crippen MR) is 56.6 cm³/mol. The van der Waals surface area contributed by atoms with E-state index < -0.39 is 0 Å². The van der Waals surface area contributed by atoms with Gasteiger partial charge >= 0.3 is 0 Å². The lowest BCUT2D eigenvalue weighted by molar-refractivity contribution is 0.178. The van der Waals surface area contributed by atoms with E-state index in [4.69, 9.17) is 5.73 Å². The molecule has 0 aliphatic carbocycles. The lowest BCUT2D eigenvalue weighted by Gasteiger charge is -2.34. The molecule has 0 aromatic heterocycles. The first-order valence-corrected chi connectivity index (χ1v) is 5.91. The van der Waals surface area contributed by atoms with Gasteiger partial charge in [0.15, 0.2) is 0 Å². The van der Waals surface area contributed by atoms with Crippen molar-refractivity contribution in [2.75, 3.05) is 25.1 Å². The molecule has 12 heavy (non-hydrogen) atoms. The quantitative estimate of drug-likeness (QED) is 0.721. The first-order valence-electron chi connectivity index (χ1n) is 4.75. The summed E-state index contributed by atoms with van der Waals surface area (Å²) in [5, 5.41) is 0. The highest BCUT2D eigenvalue weighted by Gasteiger charge is 2.20. The SMILES string of the molecule is CC(CN)N(C)C1CCSCC1. The Labute approximate surface area is 79.9 Å². The number of nitrogens with two attached hydrogens (primary N) is 1. The van der Waals surface area contributed by atoms with E-state index in [0.29, 0.717) is 6.04 Å². The smallest absolute Gasteiger partial charge is 0.0190 e. The third kappa shape index (κ3) is 2.64. The Morgan fingerprint density at radius 3 is 2.58 bits per heavy atom. The van der Waals surface area contributed by atoms with Gasteiger partial charge in [-0.25, -0.2) is 0 Å². The van der Waals surface area contributed by atoms with Crippen molar-refractivity contribution in [1.82, 2.24) is 4.90 Å². The van der Waals surface area contributed by atoms with Crippen LogP contribution in [-0.4, -0.2) is 42.1 Å². The van der Waals surface area contributed by atoms with Gasteiger partial charge in [0.05, 0.1) is 0 Å². The molecule has 1 saturated heterocycles. The molecule has 1 fully saturated rings. The van der Waals surface area contributed by atoms with E-state index in [1.807, 2.05) is 0 Å². The van der Waals surface area contributed by atoms with E-state index in [9.17, 15) is 0 Å². The highest BCUT2D eigenvalue weighted by molar-refractivity contribution is 7.99. The second-order valence-electron chi connectivity index (χ2n) is 3.59. The highest BCUT2D eigenvalue weighted by atomic mass is 32.2. The molecule has 1 unspecified atom stereocenters. The molecule has 1 aliphatic heterocycles. The first-order chi connectivity index (χ1) is 5.75. The molecular weight excluding hydrogens is 168 g/mol. The van der Waals surface area contributed by atoms with Crippen molar-refractivity contribution in [2.45, 2.75) is 31.8 Å². The van der Waals surface area contributed by atoms with Gasteiger partial charge in [-0.3, -0.25) is 4.90 Å². The van der Waals surface area contributed by atoms with E-state index in [2.05, 4.69) is 30.6 Å². The number of thioether (sulfide) groups is 1. The minimum atomic E-state index is 0.540. The monoisotopic (exact) mass is 188 g/mol. The van der Waals surface area contributed by atoms with Crippen LogP contribution in [0.25, 0.3) is 0 Å². The number of likely N-dealkylation sites (N-methyl/N-ethyl adjacent to an activating group) is 1. The predicted octanol–water partition coefficient (Wildman–Crippen LogP) is 1.16. The summed E-state index contributed by atoms with van der Waals surface area (Å²) in [7, 11) is 2.21. The molecule has 2 nitrogen and oxygen atoms in total. The van der Waals surface area contributed by atoms with Gasteiger partial charge in [0.25, 0.3) is 0 Å². The van der Waals surface area contributed by atoms with Crippen molar-refractivity contribution >= 4 is 11.8 Å². The topological polar surface area (TPSA) is 29.3 Å². The fraction of sp³-hybridized carbons (Fsp3) is 1.00. The normalized spacial score (nSPS) is 23.0. The minimum absolute atomic E-state index is 0.540. The first kappa shape index (κ1) is 10.4. The van der Waals surface area contributed by atoms with E-state index in [1.165, 1.54) is 24.3 Å². The summed E-state index contributed by atoms with van der Waals surface area (Å²) in [5.41, 5.74) is 5.63. The van der Waals surface area contributed by atoms with E-state index >= 15 is 0 Å². The molecule has 1 aliphatic rings. The molecule has 0 amide bonds. The average molecular weight is 188 g/mol. The van der Waals surface area contributed by atoms with Crippen molar-refractivity contribution in [3.63, 3.8) is 0 Å². The maximum Gasteiger partial charge on any atom is 0.0190 e. The van der Waals surface area contributed by atoms with Gasteiger partial charge in [0.1, 0.15) is 0 Å². The number of hydrogen-bond donors (Lipinski definition) is 1. The molecule has 0 spiro atoms. The minimum Gasteiger partial charge on any atom is -0.329 e. The molecule has 3 heteroatoms. The zero-order valence-electron chi connectivity index (χ0n) is 8.12. The standard InChI is InChI=1S/C9H20N2S/c1-8(7-10)11(2)9-3-5-12-6-4-9/h8-9H,3-7,10H2,1-2H3. The molecule has 0 bridgehead atoms. The number of rotatable bonds is 3. The van der Waals surface area contributed by atoms with Crippen molar-refractivity contribution in [3.8, 4) is 0 Å². The molecule has 0 radical (unpaired) electrons. The van der Waals surface area contributed by atoms with E-state index in [1.54, 1.807) is 0 Å². The Morgan fingerprint density at radius 1 is 1.50 bits per heavy atom. The third-order valence-electron chi connectivity index (χ3n) is 2.80. The van der Waals surface area contributed by atoms with Crippen molar-refractivity contribution in [3.05, 3.63) is 0 Å². The van der Waals surface area contributed by atoms with Gasteiger partial charge in [0, 0.05) is 18.6 Å². The molecule has 0 aromatic carbocycles. The largest absolute Gasteiger partial charge is 0.329 e. The Morgan fingerprint density at radius 2 is 2.08 bits per heavy atom. The fourth-order valence-electron chi connectivity index (χ4n) is 1.62. The maximum absolute atomic E-state index is 5.63. The molecule has 1 rings (SSSR count). The summed E-state index contributed by atoms with van der Waals surface area (Å²) in [6, 6.07) is 1.32. The van der Waals surface area contributed by atoms with Crippen LogP contribution in [0.4, 0.5) is 0 Å². The Balaban J connectivity index is 2.33. The number of nitrogens with zero attached hydrogens (tertiary/aromatic N) is 1. The van der Waals surface area contributed by atoms with Crippen LogP contribution in [0.3, 0.4) is 0 Å². The van der Waals surface area contributed by atoms with Crippen LogP contribution >= 0.6 is 11.8 Å². The molecule has 1 atom stereocenters. The van der Waals surface area contributed by atoms with Gasteiger partial charge in [-0.1, -0.05) is 0 Å².